The highest BCUT2D eigenvalue weighted by molar-refractivity contribution is 5.96. The highest BCUT2D eigenvalue weighted by atomic mass is 19.4. The summed E-state index contributed by atoms with van der Waals surface area (Å²) in [5.41, 5.74) is 1.51. The number of hydrogen-bond donors (Lipinski definition) is 1. The van der Waals surface area contributed by atoms with Gasteiger partial charge in [0.05, 0.1) is 22.6 Å². The van der Waals surface area contributed by atoms with Crippen molar-refractivity contribution in [3.05, 3.63) is 65.7 Å². The molecule has 0 aliphatic heterocycles. The van der Waals surface area contributed by atoms with Gasteiger partial charge in [0.15, 0.2) is 0 Å². The minimum atomic E-state index is -4.44. The van der Waals surface area contributed by atoms with Crippen LogP contribution < -0.4 is 5.32 Å². The van der Waals surface area contributed by atoms with Crippen molar-refractivity contribution in [1.82, 2.24) is 20.3 Å². The minimum absolute atomic E-state index is 0.312. The Hall–Kier alpha value is -3.29. The largest absolute Gasteiger partial charge is 0.416 e. The molecule has 1 aromatic carbocycles. The van der Waals surface area contributed by atoms with E-state index in [-0.39, 0.29) is 11.3 Å². The smallest absolute Gasteiger partial charge is 0.347 e. The molecule has 0 unspecified atom stereocenters. The predicted molar refractivity (Wildman–Crippen MR) is 122 cm³/mol. The van der Waals surface area contributed by atoms with Crippen LogP contribution in [-0.4, -0.2) is 26.4 Å². The van der Waals surface area contributed by atoms with Gasteiger partial charge in [-0.15, -0.1) is 0 Å². The number of hydrogen-bond acceptors (Lipinski definition) is 4. The molecule has 0 aliphatic rings. The Labute approximate surface area is 191 Å². The molecule has 1 N–H and O–H groups in total. The highest BCUT2D eigenvalue weighted by Gasteiger charge is 2.30. The number of nitrogens with one attached hydrogen (secondary N) is 1. The van der Waals surface area contributed by atoms with Crippen molar-refractivity contribution in [2.24, 2.45) is 0 Å². The number of aromatic nitrogens is 3. The van der Waals surface area contributed by atoms with Gasteiger partial charge in [-0.2, -0.15) is 13.2 Å². The first-order chi connectivity index (χ1) is 15.1. The lowest BCUT2D eigenvalue weighted by atomic mass is 9.87. The van der Waals surface area contributed by atoms with Crippen LogP contribution in [0.4, 0.5) is 13.2 Å². The Morgan fingerprint density at radius 2 is 1.52 bits per heavy atom. The first-order valence-corrected chi connectivity index (χ1v) is 10.5. The third-order valence-corrected chi connectivity index (χ3v) is 4.78. The Morgan fingerprint density at radius 1 is 0.909 bits per heavy atom. The molecule has 174 valence electrons. The number of amides is 1. The Morgan fingerprint density at radius 3 is 2.06 bits per heavy atom. The summed E-state index contributed by atoms with van der Waals surface area (Å²) in [6.45, 7) is 11.6. The van der Waals surface area contributed by atoms with Gasteiger partial charge in [0.25, 0.3) is 5.91 Å². The molecular formula is C25H27F3N4O. The van der Waals surface area contributed by atoms with Crippen LogP contribution in [0.2, 0.25) is 0 Å². The zero-order chi connectivity index (χ0) is 24.6. The monoisotopic (exact) mass is 456 g/mol. The van der Waals surface area contributed by atoms with E-state index in [1.807, 2.05) is 41.5 Å². The average Bonchev–Trinajstić information content (AvgIpc) is 2.71. The maximum absolute atomic E-state index is 13.0. The van der Waals surface area contributed by atoms with Gasteiger partial charge in [-0.05, 0) is 45.0 Å². The quantitative estimate of drug-likeness (QED) is 0.521. The van der Waals surface area contributed by atoms with Crippen molar-refractivity contribution in [2.75, 3.05) is 0 Å². The third-order valence-electron chi connectivity index (χ3n) is 4.78. The molecule has 0 radical (unpaired) electrons. The number of pyridine rings is 1. The van der Waals surface area contributed by atoms with Gasteiger partial charge in [-0.25, -0.2) is 15.0 Å². The molecule has 0 aliphatic carbocycles. The second-order valence-electron chi connectivity index (χ2n) is 9.94. The van der Waals surface area contributed by atoms with Crippen LogP contribution >= 0.6 is 0 Å². The Bertz CT molecular complexity index is 1160. The number of carbonyl (C=O) groups is 1. The zero-order valence-corrected chi connectivity index (χ0v) is 19.5. The van der Waals surface area contributed by atoms with E-state index >= 15 is 0 Å². The molecule has 2 heterocycles. The SMILES string of the molecule is CC(C)(C)NC(=O)c1cc(-c2ccc(C(F)(F)F)cc2)nc(-c2cncnc2C(C)(C)C)c1. The average molecular weight is 457 g/mol. The van der Waals surface area contributed by atoms with Gasteiger partial charge < -0.3 is 5.32 Å². The lowest BCUT2D eigenvalue weighted by Crippen LogP contribution is -2.40. The van der Waals surface area contributed by atoms with Gasteiger partial charge >= 0.3 is 6.18 Å². The number of halogens is 3. The summed E-state index contributed by atoms with van der Waals surface area (Å²) in [6, 6.07) is 7.95. The van der Waals surface area contributed by atoms with Crippen molar-refractivity contribution >= 4 is 5.91 Å². The zero-order valence-electron chi connectivity index (χ0n) is 19.5. The maximum Gasteiger partial charge on any atom is 0.416 e. The first-order valence-electron chi connectivity index (χ1n) is 10.5. The second-order valence-corrected chi connectivity index (χ2v) is 9.94. The summed E-state index contributed by atoms with van der Waals surface area (Å²) in [5, 5.41) is 2.92. The van der Waals surface area contributed by atoms with E-state index in [2.05, 4.69) is 20.3 Å². The standard InChI is InChI=1S/C25H27F3N4O/c1-23(2,3)21-18(13-29-14-30-21)20-12-16(22(33)32-24(4,5)6)11-19(31-20)15-7-9-17(10-8-15)25(26,27)28/h7-14H,1-6H3,(H,32,33). The first kappa shape index (κ1) is 24.4. The van der Waals surface area contributed by atoms with Crippen LogP contribution in [-0.2, 0) is 11.6 Å². The molecule has 0 saturated carbocycles. The van der Waals surface area contributed by atoms with E-state index in [4.69, 9.17) is 0 Å². The number of rotatable bonds is 3. The molecule has 33 heavy (non-hydrogen) atoms. The van der Waals surface area contributed by atoms with Crippen molar-refractivity contribution < 1.29 is 18.0 Å². The summed E-state index contributed by atoms with van der Waals surface area (Å²) in [6.07, 6.45) is -1.34. The molecule has 0 saturated heterocycles. The van der Waals surface area contributed by atoms with E-state index in [1.54, 1.807) is 18.3 Å². The molecule has 1 amide bonds. The molecule has 0 bridgehead atoms. The van der Waals surface area contributed by atoms with E-state index in [0.29, 0.717) is 28.1 Å². The Balaban J connectivity index is 2.19. The fraction of sp³-hybridized carbons (Fsp3) is 0.360. The molecule has 3 rings (SSSR count). The lowest BCUT2D eigenvalue weighted by Gasteiger charge is -2.22. The summed E-state index contributed by atoms with van der Waals surface area (Å²) in [4.78, 5) is 26.2. The van der Waals surface area contributed by atoms with Gasteiger partial charge in [0.2, 0.25) is 0 Å². The van der Waals surface area contributed by atoms with Crippen molar-refractivity contribution in [2.45, 2.75) is 58.7 Å². The fourth-order valence-corrected chi connectivity index (χ4v) is 3.30. The third kappa shape index (κ3) is 5.94. The van der Waals surface area contributed by atoms with E-state index in [1.165, 1.54) is 18.5 Å². The van der Waals surface area contributed by atoms with E-state index < -0.39 is 17.3 Å². The Kier molecular flexibility index (Phi) is 6.33. The molecule has 5 nitrogen and oxygen atoms in total. The molecule has 0 atom stereocenters. The second kappa shape index (κ2) is 8.57. The summed E-state index contributed by atoms with van der Waals surface area (Å²) in [7, 11) is 0. The normalized spacial score (nSPS) is 12.5. The van der Waals surface area contributed by atoms with E-state index in [0.717, 1.165) is 17.8 Å². The van der Waals surface area contributed by atoms with Crippen LogP contribution in [0.25, 0.3) is 22.5 Å². The number of alkyl halides is 3. The van der Waals surface area contributed by atoms with Crippen LogP contribution in [0.15, 0.2) is 48.9 Å². The molecule has 3 aromatic rings. The number of nitrogens with zero attached hydrogens (tertiary/aromatic N) is 3. The maximum atomic E-state index is 13.0. The van der Waals surface area contributed by atoms with Crippen molar-refractivity contribution in [1.29, 1.82) is 0 Å². The van der Waals surface area contributed by atoms with Gasteiger partial charge in [-0.1, -0.05) is 32.9 Å². The molecule has 0 fully saturated rings. The van der Waals surface area contributed by atoms with Crippen molar-refractivity contribution in [3.8, 4) is 22.5 Å². The summed E-state index contributed by atoms with van der Waals surface area (Å²) < 4.78 is 39.0. The van der Waals surface area contributed by atoms with Crippen molar-refractivity contribution in [3.63, 3.8) is 0 Å². The van der Waals surface area contributed by atoms with Crippen LogP contribution in [0.5, 0.6) is 0 Å². The summed E-state index contributed by atoms with van der Waals surface area (Å²) >= 11 is 0. The van der Waals surface area contributed by atoms with Crippen LogP contribution in [0.3, 0.4) is 0 Å². The minimum Gasteiger partial charge on any atom is -0.347 e. The number of carbonyl (C=O) groups excluding carboxylic acids is 1. The van der Waals surface area contributed by atoms with Gasteiger partial charge in [0.1, 0.15) is 6.33 Å². The fourth-order valence-electron chi connectivity index (χ4n) is 3.30. The molecule has 0 spiro atoms. The molecule has 8 heteroatoms. The van der Waals surface area contributed by atoms with Crippen LogP contribution in [0, 0.1) is 0 Å². The van der Waals surface area contributed by atoms with Gasteiger partial charge in [-0.3, -0.25) is 4.79 Å². The lowest BCUT2D eigenvalue weighted by molar-refractivity contribution is -0.137. The molecule has 2 aromatic heterocycles. The van der Waals surface area contributed by atoms with Gasteiger partial charge in [0, 0.05) is 33.8 Å². The molecular weight excluding hydrogens is 429 g/mol. The van der Waals surface area contributed by atoms with Crippen LogP contribution in [0.1, 0.15) is 63.2 Å². The highest BCUT2D eigenvalue weighted by Crippen LogP contribution is 2.33. The van der Waals surface area contributed by atoms with E-state index in [9.17, 15) is 18.0 Å². The predicted octanol–water partition coefficient (Wildman–Crippen LogP) is 6.05. The topological polar surface area (TPSA) is 67.8 Å². The summed E-state index contributed by atoms with van der Waals surface area (Å²) in [5.74, 6) is -0.312. The number of benzene rings is 1.